The van der Waals surface area contributed by atoms with Crippen molar-refractivity contribution in [1.82, 2.24) is 0 Å². The van der Waals surface area contributed by atoms with Crippen LogP contribution in [-0.4, -0.2) is 36.2 Å². The number of ketones is 3. The van der Waals surface area contributed by atoms with Gasteiger partial charge in [-0.05, 0) is 169 Å². The molecule has 0 N–H and O–H groups in total. The molecule has 0 saturated carbocycles. The van der Waals surface area contributed by atoms with Crippen LogP contribution in [0.1, 0.15) is 100 Å². The Morgan fingerprint density at radius 2 is 0.716 bits per heavy atom. The van der Waals surface area contributed by atoms with Crippen LogP contribution in [0, 0.1) is 18.8 Å². The summed E-state index contributed by atoms with van der Waals surface area (Å²) in [6, 6.07) is 80.2. The predicted octanol–water partition coefficient (Wildman–Crippen LogP) is 18.5. The normalized spacial score (nSPS) is 11.0. The lowest BCUT2D eigenvalue weighted by Crippen LogP contribution is -2.22. The van der Waals surface area contributed by atoms with Crippen molar-refractivity contribution in [1.29, 1.82) is 0 Å². The van der Waals surface area contributed by atoms with Gasteiger partial charge in [0.15, 0.2) is 17.3 Å². The van der Waals surface area contributed by atoms with Crippen LogP contribution >= 0.6 is 0 Å². The van der Waals surface area contributed by atoms with Crippen molar-refractivity contribution < 1.29 is 23.9 Å². The van der Waals surface area contributed by atoms with Gasteiger partial charge in [0, 0.05) is 27.8 Å². The molecule has 0 aromatic heterocycles. The van der Waals surface area contributed by atoms with Crippen LogP contribution in [0.3, 0.4) is 0 Å². The highest BCUT2D eigenvalue weighted by Crippen LogP contribution is 2.37. The van der Waals surface area contributed by atoms with Gasteiger partial charge >= 0.3 is 0 Å². The van der Waals surface area contributed by atoms with Crippen molar-refractivity contribution >= 4 is 17.3 Å². The Morgan fingerprint density at radius 1 is 0.383 bits per heavy atom. The molecule has 1 aliphatic rings. The largest absolute Gasteiger partial charge is 0.491 e. The molecule has 11 rings (SSSR count). The molecule has 0 heterocycles. The number of aryl methyl sites for hydroxylation is 1. The Morgan fingerprint density at radius 3 is 1.12 bits per heavy atom. The van der Waals surface area contributed by atoms with E-state index in [1.807, 2.05) is 118 Å². The van der Waals surface area contributed by atoms with Crippen LogP contribution in [-0.2, 0) is 11.2 Å². The number of ether oxygens (including phenoxy) is 2. The molecule has 0 atom stereocenters. The molecule has 0 unspecified atom stereocenters. The monoisotopic (exact) mass is 1060 g/mol. The highest BCUT2D eigenvalue weighted by molar-refractivity contribution is 5.96. The number of carbonyl (C=O) groups excluding carboxylic acids is 3. The van der Waals surface area contributed by atoms with Crippen LogP contribution in [0.5, 0.6) is 5.75 Å². The molecule has 81 heavy (non-hydrogen) atoms. The van der Waals surface area contributed by atoms with Crippen molar-refractivity contribution in [2.24, 2.45) is 0 Å². The highest BCUT2D eigenvalue weighted by Gasteiger charge is 2.18. The first kappa shape index (κ1) is 56.3. The molecule has 1 aliphatic carbocycles. The van der Waals surface area contributed by atoms with Gasteiger partial charge < -0.3 is 9.47 Å². The zero-order chi connectivity index (χ0) is 56.9. The van der Waals surface area contributed by atoms with Gasteiger partial charge in [0.05, 0.1) is 12.2 Å². The van der Waals surface area contributed by atoms with Crippen LogP contribution in [0.4, 0.5) is 0 Å². The van der Waals surface area contributed by atoms with Crippen molar-refractivity contribution in [3.63, 3.8) is 0 Å². The fraction of sp³-hybridized carbons (Fsp3) is 0.145. The minimum Gasteiger partial charge on any atom is -0.491 e. The van der Waals surface area contributed by atoms with Crippen molar-refractivity contribution in [2.45, 2.75) is 60.5 Å². The smallest absolute Gasteiger partial charge is 0.159 e. The van der Waals surface area contributed by atoms with Gasteiger partial charge in [-0.3, -0.25) is 14.4 Å². The summed E-state index contributed by atoms with van der Waals surface area (Å²) >= 11 is 0. The quantitative estimate of drug-likeness (QED) is 0.0693. The number of rotatable bonds is 12. The van der Waals surface area contributed by atoms with E-state index >= 15 is 0 Å². The second kappa shape index (κ2) is 26.0. The molecule has 400 valence electrons. The molecule has 0 amide bonds. The maximum Gasteiger partial charge on any atom is 0.159 e. The minimum atomic E-state index is -0.144. The summed E-state index contributed by atoms with van der Waals surface area (Å²) in [6.45, 7) is 14.1. The third-order valence-electron chi connectivity index (χ3n) is 14.1. The number of benzene rings is 10. The fourth-order valence-electron chi connectivity index (χ4n) is 9.49. The molecule has 10 aromatic carbocycles. The van der Waals surface area contributed by atoms with E-state index in [0.717, 1.165) is 84.5 Å². The van der Waals surface area contributed by atoms with Crippen molar-refractivity contribution in [3.05, 3.63) is 281 Å². The standard InChI is InChI=1S/C29H20O.C26H28O3.C21H18O/c1-20(30)23-14-16-25(17-15-23)24-11-8-21(9-12-24)6-7-22-10-13-27-19-26-4-2-3-5-28(26)29(27)18-22;1-19(27)20-5-7-21(8-6-20)22-9-11-23(12-10-22)24-13-15-25(16-14-24)28-17-18-29-26(2,3)4;1-15-3-5-18(6-4-15)20-11-13-21(14-12-20)19-9-7-17(8-10-19)16(2)22/h2-5,8-18H,19H2,1H3;5-16H,17-18H2,1-4H3;3-14H,1-2H3. The maximum absolute atomic E-state index is 11.4. The fourth-order valence-corrected chi connectivity index (χ4v) is 9.49. The maximum atomic E-state index is 11.4. The molecule has 0 aliphatic heterocycles. The molecular weight excluding hydrogens is 993 g/mol. The van der Waals surface area contributed by atoms with Gasteiger partial charge in [-0.25, -0.2) is 0 Å². The second-order valence-corrected chi connectivity index (χ2v) is 21.3. The summed E-state index contributed by atoms with van der Waals surface area (Å²) in [5.74, 6) is 7.71. The van der Waals surface area contributed by atoms with Gasteiger partial charge in [-0.1, -0.05) is 218 Å². The summed E-state index contributed by atoms with van der Waals surface area (Å²) in [4.78, 5) is 34.2. The molecule has 0 saturated heterocycles. The van der Waals surface area contributed by atoms with E-state index in [1.54, 1.807) is 20.8 Å². The third kappa shape index (κ3) is 15.2. The molecule has 5 heteroatoms. The van der Waals surface area contributed by atoms with Crippen LogP contribution in [0.2, 0.25) is 0 Å². The van der Waals surface area contributed by atoms with Gasteiger partial charge in [-0.15, -0.1) is 0 Å². The molecule has 5 nitrogen and oxygen atoms in total. The van der Waals surface area contributed by atoms with E-state index in [4.69, 9.17) is 9.47 Å². The Balaban J connectivity index is 0.000000149. The van der Waals surface area contributed by atoms with Crippen molar-refractivity contribution in [3.8, 4) is 84.4 Å². The van der Waals surface area contributed by atoms with E-state index in [0.29, 0.717) is 13.2 Å². The molecular formula is C76H66O5. The van der Waals surface area contributed by atoms with E-state index in [9.17, 15) is 14.4 Å². The Hall–Kier alpha value is -9.47. The Bertz CT molecular complexity index is 3830. The lowest BCUT2D eigenvalue weighted by Gasteiger charge is -2.19. The second-order valence-electron chi connectivity index (χ2n) is 21.3. The summed E-state index contributed by atoms with van der Waals surface area (Å²) in [6.07, 6.45) is 1.01. The number of fused-ring (bicyclic) bond motifs is 3. The van der Waals surface area contributed by atoms with Crippen LogP contribution in [0.25, 0.3) is 66.8 Å². The first-order chi connectivity index (χ1) is 39.1. The zero-order valence-corrected chi connectivity index (χ0v) is 47.2. The minimum absolute atomic E-state index is 0.0843. The average Bonchev–Trinajstić information content (AvgIpc) is 4.14. The van der Waals surface area contributed by atoms with E-state index < -0.39 is 0 Å². The Labute approximate surface area is 478 Å². The molecule has 10 aromatic rings. The summed E-state index contributed by atoms with van der Waals surface area (Å²) in [5, 5.41) is 0. The van der Waals surface area contributed by atoms with Gasteiger partial charge in [0.1, 0.15) is 12.4 Å². The van der Waals surface area contributed by atoms with Gasteiger partial charge in [0.2, 0.25) is 0 Å². The van der Waals surface area contributed by atoms with Crippen LogP contribution in [0.15, 0.2) is 237 Å². The third-order valence-corrected chi connectivity index (χ3v) is 14.1. The van der Waals surface area contributed by atoms with E-state index in [2.05, 4.69) is 158 Å². The first-order valence-corrected chi connectivity index (χ1v) is 27.4. The predicted molar refractivity (Wildman–Crippen MR) is 333 cm³/mol. The summed E-state index contributed by atoms with van der Waals surface area (Å²) in [7, 11) is 0. The molecule has 0 spiro atoms. The average molecular weight is 1060 g/mol. The highest BCUT2D eigenvalue weighted by atomic mass is 16.5. The molecule has 0 radical (unpaired) electrons. The number of carbonyl (C=O) groups is 3. The summed E-state index contributed by atoms with van der Waals surface area (Å²) < 4.78 is 11.4. The van der Waals surface area contributed by atoms with Crippen molar-refractivity contribution in [2.75, 3.05) is 13.2 Å². The number of hydrogen-bond donors (Lipinski definition) is 0. The number of Topliss-reactive ketones (excluding diaryl/α,β-unsaturated/α-hetero) is 3. The van der Waals surface area contributed by atoms with Gasteiger partial charge in [0.25, 0.3) is 0 Å². The lowest BCUT2D eigenvalue weighted by molar-refractivity contribution is -0.0163. The first-order valence-electron chi connectivity index (χ1n) is 27.4. The Kier molecular flexibility index (Phi) is 18.1. The molecule has 0 fully saturated rings. The van der Waals surface area contributed by atoms with E-state index in [-0.39, 0.29) is 23.0 Å². The van der Waals surface area contributed by atoms with E-state index in [1.165, 1.54) is 38.9 Å². The van der Waals surface area contributed by atoms with Gasteiger partial charge in [-0.2, -0.15) is 0 Å². The topological polar surface area (TPSA) is 69.7 Å². The summed E-state index contributed by atoms with van der Waals surface area (Å²) in [5.41, 5.74) is 22.2. The SMILES string of the molecule is CC(=O)c1ccc(-c2ccc(-c3ccc(C)cc3)cc2)cc1.CC(=O)c1ccc(-c2ccc(-c3ccc(OCCOC(C)(C)C)cc3)cc2)cc1.CC(=O)c1ccc(-c2ccc(C#Cc3ccc4c(c3)-c3ccccc3C4)cc2)cc1. The zero-order valence-electron chi connectivity index (χ0n) is 47.2. The van der Waals surface area contributed by atoms with Crippen LogP contribution < -0.4 is 4.74 Å². The molecule has 0 bridgehead atoms. The number of hydrogen-bond acceptors (Lipinski definition) is 5. The lowest BCUT2D eigenvalue weighted by atomic mass is 9.99.